The molecule has 0 aliphatic carbocycles. The van der Waals surface area contributed by atoms with Crippen LogP contribution in [-0.2, 0) is 6.54 Å². The van der Waals surface area contributed by atoms with Crippen molar-refractivity contribution in [3.8, 4) is 0 Å². The smallest absolute Gasteiger partial charge is 0.0233 e. The third kappa shape index (κ3) is 4.30. The quantitative estimate of drug-likeness (QED) is 0.888. The van der Waals surface area contributed by atoms with Crippen LogP contribution in [-0.4, -0.2) is 31.6 Å². The standard InChI is InChI=1S/C14H22N2.ClH/c1-12-4-3-5-13(8-12)10-16-7-6-14(11-16)9-15-2;/h3-5,8,14-15H,6-7,9-11H2,1-2H3;1H. The van der Waals surface area contributed by atoms with Crippen LogP contribution in [0.25, 0.3) is 0 Å². The van der Waals surface area contributed by atoms with E-state index < -0.39 is 0 Å². The number of benzene rings is 1. The fourth-order valence-corrected chi connectivity index (χ4v) is 2.58. The first-order chi connectivity index (χ1) is 7.78. The number of hydrogen-bond acceptors (Lipinski definition) is 2. The SMILES string of the molecule is CNCC1CCN(Cc2cccc(C)c2)C1.Cl. The van der Waals surface area contributed by atoms with Gasteiger partial charge in [0.2, 0.25) is 0 Å². The molecule has 17 heavy (non-hydrogen) atoms. The lowest BCUT2D eigenvalue weighted by atomic mass is 10.1. The average Bonchev–Trinajstić information content (AvgIpc) is 2.66. The normalized spacial score (nSPS) is 20.2. The van der Waals surface area contributed by atoms with E-state index in [9.17, 15) is 0 Å². The molecule has 2 rings (SSSR count). The van der Waals surface area contributed by atoms with Crippen LogP contribution >= 0.6 is 12.4 Å². The zero-order valence-corrected chi connectivity index (χ0v) is 11.6. The number of aryl methyl sites for hydroxylation is 1. The van der Waals surface area contributed by atoms with Crippen molar-refractivity contribution >= 4 is 12.4 Å². The molecule has 1 fully saturated rings. The molecule has 1 atom stereocenters. The molecule has 0 bridgehead atoms. The first-order valence-corrected chi connectivity index (χ1v) is 6.20. The van der Waals surface area contributed by atoms with E-state index >= 15 is 0 Å². The third-order valence-corrected chi connectivity index (χ3v) is 3.35. The fraction of sp³-hybridized carbons (Fsp3) is 0.571. The molecule has 1 aromatic carbocycles. The van der Waals surface area contributed by atoms with Gasteiger partial charge in [-0.3, -0.25) is 4.90 Å². The van der Waals surface area contributed by atoms with E-state index in [0.717, 1.165) is 19.0 Å². The zero-order valence-electron chi connectivity index (χ0n) is 10.8. The second kappa shape index (κ2) is 7.00. The summed E-state index contributed by atoms with van der Waals surface area (Å²) in [4.78, 5) is 2.57. The molecule has 1 aliphatic rings. The largest absolute Gasteiger partial charge is 0.319 e. The molecule has 0 saturated carbocycles. The van der Waals surface area contributed by atoms with Crippen molar-refractivity contribution in [2.45, 2.75) is 19.9 Å². The van der Waals surface area contributed by atoms with Gasteiger partial charge < -0.3 is 5.32 Å². The molecule has 1 aromatic rings. The monoisotopic (exact) mass is 254 g/mol. The Balaban J connectivity index is 0.00000144. The molecular formula is C14H23ClN2. The van der Waals surface area contributed by atoms with Gasteiger partial charge >= 0.3 is 0 Å². The average molecular weight is 255 g/mol. The number of hydrogen-bond donors (Lipinski definition) is 1. The lowest BCUT2D eigenvalue weighted by Crippen LogP contribution is -2.24. The maximum atomic E-state index is 3.28. The molecule has 1 heterocycles. The molecule has 1 unspecified atom stereocenters. The molecule has 96 valence electrons. The highest BCUT2D eigenvalue weighted by Crippen LogP contribution is 2.18. The Morgan fingerprint density at radius 3 is 2.94 bits per heavy atom. The molecule has 0 amide bonds. The van der Waals surface area contributed by atoms with Crippen LogP contribution in [0.5, 0.6) is 0 Å². The Morgan fingerprint density at radius 2 is 2.24 bits per heavy atom. The van der Waals surface area contributed by atoms with Crippen LogP contribution in [0, 0.1) is 12.8 Å². The van der Waals surface area contributed by atoms with Crippen molar-refractivity contribution < 1.29 is 0 Å². The molecule has 0 radical (unpaired) electrons. The zero-order chi connectivity index (χ0) is 11.4. The molecular weight excluding hydrogens is 232 g/mol. The maximum absolute atomic E-state index is 3.28. The molecule has 2 nitrogen and oxygen atoms in total. The summed E-state index contributed by atoms with van der Waals surface area (Å²) in [5.41, 5.74) is 2.81. The molecule has 1 aliphatic heterocycles. The van der Waals surface area contributed by atoms with E-state index in [-0.39, 0.29) is 12.4 Å². The lowest BCUT2D eigenvalue weighted by Gasteiger charge is -2.16. The maximum Gasteiger partial charge on any atom is 0.0233 e. The van der Waals surface area contributed by atoms with Gasteiger partial charge in [0, 0.05) is 13.1 Å². The highest BCUT2D eigenvalue weighted by Gasteiger charge is 2.21. The third-order valence-electron chi connectivity index (χ3n) is 3.35. The molecule has 1 saturated heterocycles. The van der Waals surface area contributed by atoms with Gasteiger partial charge in [-0.1, -0.05) is 29.8 Å². The summed E-state index contributed by atoms with van der Waals surface area (Å²) in [7, 11) is 2.04. The van der Waals surface area contributed by atoms with E-state index in [4.69, 9.17) is 0 Å². The minimum atomic E-state index is 0. The summed E-state index contributed by atoms with van der Waals surface area (Å²) < 4.78 is 0. The van der Waals surface area contributed by atoms with Gasteiger partial charge in [-0.15, -0.1) is 12.4 Å². The van der Waals surface area contributed by atoms with E-state index in [1.54, 1.807) is 0 Å². The van der Waals surface area contributed by atoms with Crippen LogP contribution in [0.2, 0.25) is 0 Å². The van der Waals surface area contributed by atoms with Gasteiger partial charge in [0.25, 0.3) is 0 Å². The number of likely N-dealkylation sites (tertiary alicyclic amines) is 1. The Bertz CT molecular complexity index is 341. The van der Waals surface area contributed by atoms with Gasteiger partial charge in [0.05, 0.1) is 0 Å². The van der Waals surface area contributed by atoms with E-state index in [0.29, 0.717) is 0 Å². The first-order valence-electron chi connectivity index (χ1n) is 6.20. The van der Waals surface area contributed by atoms with Gasteiger partial charge in [0.15, 0.2) is 0 Å². The Hall–Kier alpha value is -0.570. The number of rotatable bonds is 4. The highest BCUT2D eigenvalue weighted by atomic mass is 35.5. The fourth-order valence-electron chi connectivity index (χ4n) is 2.58. The lowest BCUT2D eigenvalue weighted by molar-refractivity contribution is 0.315. The first kappa shape index (κ1) is 14.5. The van der Waals surface area contributed by atoms with Crippen molar-refractivity contribution in [2.75, 3.05) is 26.7 Å². The van der Waals surface area contributed by atoms with Crippen LogP contribution in [0.15, 0.2) is 24.3 Å². The molecule has 0 aromatic heterocycles. The van der Waals surface area contributed by atoms with Crippen molar-refractivity contribution in [1.29, 1.82) is 0 Å². The predicted molar refractivity (Wildman–Crippen MR) is 75.7 cm³/mol. The van der Waals surface area contributed by atoms with Gasteiger partial charge in [-0.25, -0.2) is 0 Å². The van der Waals surface area contributed by atoms with Gasteiger partial charge in [-0.05, 0) is 45.0 Å². The molecule has 3 heteroatoms. The summed E-state index contributed by atoms with van der Waals surface area (Å²) in [5.74, 6) is 0.842. The minimum absolute atomic E-state index is 0. The Kier molecular flexibility index (Phi) is 5.96. The van der Waals surface area contributed by atoms with Crippen molar-refractivity contribution in [3.63, 3.8) is 0 Å². The second-order valence-electron chi connectivity index (χ2n) is 4.94. The second-order valence-corrected chi connectivity index (χ2v) is 4.94. The van der Waals surface area contributed by atoms with E-state index in [2.05, 4.69) is 41.4 Å². The Morgan fingerprint density at radius 1 is 1.41 bits per heavy atom. The topological polar surface area (TPSA) is 15.3 Å². The van der Waals surface area contributed by atoms with E-state index in [1.165, 1.54) is 30.6 Å². The van der Waals surface area contributed by atoms with Crippen LogP contribution in [0.4, 0.5) is 0 Å². The summed E-state index contributed by atoms with van der Waals surface area (Å²) in [6, 6.07) is 8.85. The summed E-state index contributed by atoms with van der Waals surface area (Å²) in [6.07, 6.45) is 1.34. The number of nitrogens with one attached hydrogen (secondary N) is 1. The van der Waals surface area contributed by atoms with E-state index in [1.807, 2.05) is 7.05 Å². The highest BCUT2D eigenvalue weighted by molar-refractivity contribution is 5.85. The summed E-state index contributed by atoms with van der Waals surface area (Å²) in [6.45, 7) is 6.93. The van der Waals surface area contributed by atoms with Crippen molar-refractivity contribution in [1.82, 2.24) is 10.2 Å². The van der Waals surface area contributed by atoms with Crippen LogP contribution in [0.3, 0.4) is 0 Å². The minimum Gasteiger partial charge on any atom is -0.319 e. The number of nitrogens with zero attached hydrogens (tertiary/aromatic N) is 1. The van der Waals surface area contributed by atoms with Gasteiger partial charge in [0.1, 0.15) is 0 Å². The summed E-state index contributed by atoms with van der Waals surface area (Å²) >= 11 is 0. The summed E-state index contributed by atoms with van der Waals surface area (Å²) in [5, 5.41) is 3.28. The van der Waals surface area contributed by atoms with Crippen LogP contribution < -0.4 is 5.32 Å². The molecule has 0 spiro atoms. The molecule has 1 N–H and O–H groups in total. The van der Waals surface area contributed by atoms with Crippen molar-refractivity contribution in [3.05, 3.63) is 35.4 Å². The van der Waals surface area contributed by atoms with Crippen LogP contribution in [0.1, 0.15) is 17.5 Å². The van der Waals surface area contributed by atoms with Crippen molar-refractivity contribution in [2.24, 2.45) is 5.92 Å². The Labute approximate surface area is 111 Å². The van der Waals surface area contributed by atoms with Gasteiger partial charge in [-0.2, -0.15) is 0 Å². The number of halogens is 1. The predicted octanol–water partition coefficient (Wildman–Crippen LogP) is 2.46.